The van der Waals surface area contributed by atoms with E-state index in [0.717, 1.165) is 21.8 Å². The summed E-state index contributed by atoms with van der Waals surface area (Å²) in [4.78, 5) is 47.4. The number of amides is 2. The fourth-order valence-corrected chi connectivity index (χ4v) is 5.51. The topological polar surface area (TPSA) is 106 Å². The highest BCUT2D eigenvalue weighted by Gasteiger charge is 2.30. The van der Waals surface area contributed by atoms with Crippen LogP contribution in [0.4, 0.5) is 4.79 Å². The largest absolute Gasteiger partial charge is 0.481 e. The molecule has 256 valence electrons. The Balaban J connectivity index is 1.41. The van der Waals surface area contributed by atoms with Gasteiger partial charge in [-0.25, -0.2) is 4.79 Å². The van der Waals surface area contributed by atoms with Crippen LogP contribution in [0.2, 0.25) is 0 Å². The van der Waals surface area contributed by atoms with Crippen molar-refractivity contribution in [1.29, 1.82) is 0 Å². The van der Waals surface area contributed by atoms with Crippen LogP contribution in [0.3, 0.4) is 0 Å². The van der Waals surface area contributed by atoms with Crippen LogP contribution >= 0.6 is 0 Å². The number of para-hydroxylation sites is 1. The van der Waals surface area contributed by atoms with Crippen LogP contribution in [0, 0.1) is 5.92 Å². The van der Waals surface area contributed by atoms with Gasteiger partial charge in [0.05, 0.1) is 13.2 Å². The Labute approximate surface area is 288 Å². The Morgan fingerprint density at radius 1 is 0.837 bits per heavy atom. The van der Waals surface area contributed by atoms with Crippen molar-refractivity contribution in [3.63, 3.8) is 0 Å². The van der Waals surface area contributed by atoms with E-state index in [0.29, 0.717) is 54.5 Å². The first-order valence-electron chi connectivity index (χ1n) is 16.6. The van der Waals surface area contributed by atoms with Gasteiger partial charge in [-0.3, -0.25) is 9.59 Å². The smallest absolute Gasteiger partial charge is 0.410 e. The fourth-order valence-electron chi connectivity index (χ4n) is 5.51. The lowest BCUT2D eigenvalue weighted by Crippen LogP contribution is -2.40. The van der Waals surface area contributed by atoms with Crippen LogP contribution in [0.1, 0.15) is 73.1 Å². The molecule has 0 spiro atoms. The van der Waals surface area contributed by atoms with E-state index in [1.165, 1.54) is 0 Å². The van der Waals surface area contributed by atoms with Gasteiger partial charge in [0.25, 0.3) is 5.91 Å². The minimum atomic E-state index is -1.11. The van der Waals surface area contributed by atoms with Gasteiger partial charge in [0, 0.05) is 18.7 Å². The zero-order chi connectivity index (χ0) is 35.1. The predicted octanol–water partition coefficient (Wildman–Crippen LogP) is 8.23. The first-order valence-corrected chi connectivity index (χ1v) is 16.6. The van der Waals surface area contributed by atoms with E-state index >= 15 is 0 Å². The molecule has 49 heavy (non-hydrogen) atoms. The molecule has 1 unspecified atom stereocenters. The summed E-state index contributed by atoms with van der Waals surface area (Å²) in [7, 11) is 0. The van der Waals surface area contributed by atoms with E-state index in [4.69, 9.17) is 14.3 Å². The minimum Gasteiger partial charge on any atom is -0.481 e. The molecule has 0 fully saturated rings. The Kier molecular flexibility index (Phi) is 10.9. The Morgan fingerprint density at radius 2 is 1.49 bits per heavy atom. The van der Waals surface area contributed by atoms with E-state index in [9.17, 15) is 19.5 Å². The number of carboxylic acid groups (broad SMARTS) is 1. The van der Waals surface area contributed by atoms with Crippen molar-refractivity contribution < 1.29 is 33.8 Å². The second kappa shape index (κ2) is 15.3. The Bertz CT molecular complexity index is 1750. The Hall–Kier alpha value is -5.31. The van der Waals surface area contributed by atoms with Gasteiger partial charge in [0.2, 0.25) is 0 Å². The first kappa shape index (κ1) is 35.0. The summed E-state index contributed by atoms with van der Waals surface area (Å²) < 4.78 is 11.3. The summed E-state index contributed by atoms with van der Waals surface area (Å²) in [5.41, 5.74) is 3.67. The van der Waals surface area contributed by atoms with Crippen LogP contribution in [-0.2, 0) is 27.9 Å². The van der Waals surface area contributed by atoms with Crippen LogP contribution in [0.5, 0.6) is 17.2 Å². The highest BCUT2D eigenvalue weighted by atomic mass is 16.7. The molecule has 0 saturated heterocycles. The standard InChI is InChI=1S/C40H44N2O7/c1-27(2)26-47-39(46)41-22-21-28-11-12-30(23-31(28)24-41)37(43)42(49-35-19-15-32(16-20-35)40(3,4)5)25-36(38(44)45)29-13-17-34(18-14-29)48-33-9-7-6-8-10-33/h6-20,23,27,36H,21-22,24-26H2,1-5H3,(H,44,45). The van der Waals surface area contributed by atoms with Crippen molar-refractivity contribution in [1.82, 2.24) is 9.96 Å². The molecule has 0 aliphatic carbocycles. The van der Waals surface area contributed by atoms with E-state index in [1.807, 2.05) is 62.4 Å². The second-order valence-corrected chi connectivity index (χ2v) is 13.7. The molecule has 9 nitrogen and oxygen atoms in total. The molecular formula is C40H44N2O7. The lowest BCUT2D eigenvalue weighted by molar-refractivity contribution is -0.141. The highest BCUT2D eigenvalue weighted by molar-refractivity contribution is 5.94. The molecule has 4 aromatic carbocycles. The SMILES string of the molecule is CC(C)COC(=O)N1CCc2ccc(C(=O)N(CC(C(=O)O)c3ccc(Oc4ccccc4)cc3)Oc3ccc(C(C)(C)C)cc3)cc2C1. The van der Waals surface area contributed by atoms with Crippen molar-refractivity contribution in [2.45, 2.75) is 58.9 Å². The molecule has 0 saturated carbocycles. The normalized spacial score (nSPS) is 13.3. The average Bonchev–Trinajstić information content (AvgIpc) is 3.08. The molecule has 1 aliphatic rings. The third kappa shape index (κ3) is 9.19. The van der Waals surface area contributed by atoms with E-state index < -0.39 is 17.8 Å². The average molecular weight is 665 g/mol. The van der Waals surface area contributed by atoms with Crippen molar-refractivity contribution in [3.8, 4) is 17.2 Å². The van der Waals surface area contributed by atoms with Crippen LogP contribution in [0.15, 0.2) is 97.1 Å². The third-order valence-electron chi connectivity index (χ3n) is 8.33. The number of carboxylic acids is 1. The molecule has 2 amide bonds. The molecule has 1 N–H and O–H groups in total. The van der Waals surface area contributed by atoms with Gasteiger partial charge >= 0.3 is 12.1 Å². The fraction of sp³-hybridized carbons (Fsp3) is 0.325. The van der Waals surface area contributed by atoms with Crippen LogP contribution in [-0.4, -0.2) is 52.7 Å². The zero-order valence-corrected chi connectivity index (χ0v) is 28.7. The van der Waals surface area contributed by atoms with E-state index in [-0.39, 0.29) is 24.0 Å². The van der Waals surface area contributed by atoms with Crippen LogP contribution in [0.25, 0.3) is 0 Å². The summed E-state index contributed by atoms with van der Waals surface area (Å²) in [5, 5.41) is 11.5. The molecule has 1 heterocycles. The minimum absolute atomic E-state index is 0.0863. The number of rotatable bonds is 11. The highest BCUT2D eigenvalue weighted by Crippen LogP contribution is 2.29. The summed E-state index contributed by atoms with van der Waals surface area (Å²) in [5.74, 6) is -0.885. The van der Waals surface area contributed by atoms with Crippen molar-refractivity contribution in [2.75, 3.05) is 19.7 Å². The van der Waals surface area contributed by atoms with Gasteiger partial charge in [-0.15, -0.1) is 0 Å². The van der Waals surface area contributed by atoms with Gasteiger partial charge in [-0.2, -0.15) is 5.06 Å². The summed E-state index contributed by atoms with van der Waals surface area (Å²) in [6.45, 7) is 11.2. The summed E-state index contributed by atoms with van der Waals surface area (Å²) >= 11 is 0. The number of hydroxylamine groups is 2. The Morgan fingerprint density at radius 3 is 2.12 bits per heavy atom. The first-order chi connectivity index (χ1) is 23.4. The maximum atomic E-state index is 14.2. The number of carbonyl (C=O) groups excluding carboxylic acids is 2. The number of ether oxygens (including phenoxy) is 2. The van der Waals surface area contributed by atoms with Crippen molar-refractivity contribution in [2.24, 2.45) is 5.92 Å². The van der Waals surface area contributed by atoms with E-state index in [2.05, 4.69) is 20.8 Å². The maximum Gasteiger partial charge on any atom is 0.410 e. The number of hydrogen-bond acceptors (Lipinski definition) is 6. The molecule has 1 aliphatic heterocycles. The molecule has 0 bridgehead atoms. The number of fused-ring (bicyclic) bond motifs is 1. The molecule has 4 aromatic rings. The van der Waals surface area contributed by atoms with E-state index in [1.54, 1.807) is 53.4 Å². The molecule has 0 radical (unpaired) electrons. The quantitative estimate of drug-likeness (QED) is 0.161. The molecule has 9 heteroatoms. The van der Waals surface area contributed by atoms with Crippen LogP contribution < -0.4 is 9.57 Å². The van der Waals surface area contributed by atoms with Gasteiger partial charge in [-0.05, 0) is 88.5 Å². The summed E-state index contributed by atoms with van der Waals surface area (Å²) in [6, 6.07) is 28.9. The number of benzene rings is 4. The maximum absolute atomic E-state index is 14.2. The second-order valence-electron chi connectivity index (χ2n) is 13.7. The molecule has 1 atom stereocenters. The molecule has 0 aromatic heterocycles. The van der Waals surface area contributed by atoms with Gasteiger partial charge in [0.15, 0.2) is 5.75 Å². The lowest BCUT2D eigenvalue weighted by Gasteiger charge is -2.29. The van der Waals surface area contributed by atoms with Gasteiger partial charge in [0.1, 0.15) is 17.4 Å². The van der Waals surface area contributed by atoms with Crippen molar-refractivity contribution >= 4 is 18.0 Å². The third-order valence-corrected chi connectivity index (χ3v) is 8.33. The number of hydrogen-bond donors (Lipinski definition) is 1. The molecular weight excluding hydrogens is 620 g/mol. The monoisotopic (exact) mass is 664 g/mol. The van der Waals surface area contributed by atoms with Crippen molar-refractivity contribution in [3.05, 3.63) is 125 Å². The number of aliphatic carboxylic acids is 1. The number of carbonyl (C=O) groups is 3. The summed E-state index contributed by atoms with van der Waals surface area (Å²) in [6.07, 6.45) is 0.246. The van der Waals surface area contributed by atoms with Gasteiger partial charge < -0.3 is 24.3 Å². The lowest BCUT2D eigenvalue weighted by atomic mass is 9.87. The van der Waals surface area contributed by atoms with Gasteiger partial charge in [-0.1, -0.05) is 83.1 Å². The zero-order valence-electron chi connectivity index (χ0n) is 28.7. The molecule has 5 rings (SSSR count). The number of nitrogens with zero attached hydrogens (tertiary/aromatic N) is 2. The predicted molar refractivity (Wildman–Crippen MR) is 187 cm³/mol.